The molecule has 2 aromatic carbocycles. The largest absolute Gasteiger partial charge is 0.493 e. The molecule has 0 bridgehead atoms. The van der Waals surface area contributed by atoms with E-state index in [-0.39, 0.29) is 16.5 Å². The molecule has 0 aliphatic carbocycles. The van der Waals surface area contributed by atoms with Gasteiger partial charge in [-0.1, -0.05) is 23.7 Å². The Balaban J connectivity index is 2.37. The average Bonchev–Trinajstić information content (AvgIpc) is 2.36. The molecule has 0 saturated heterocycles. The third-order valence-corrected chi connectivity index (χ3v) is 2.63. The maximum absolute atomic E-state index is 13.2. The first kappa shape index (κ1) is 12.5. The first-order chi connectivity index (χ1) is 8.61. The second-order valence-corrected chi connectivity index (χ2v) is 3.96. The number of para-hydroxylation sites is 2. The molecule has 0 aliphatic heterocycles. The van der Waals surface area contributed by atoms with E-state index in [4.69, 9.17) is 26.8 Å². The van der Waals surface area contributed by atoms with Crippen molar-refractivity contribution in [2.24, 2.45) is 0 Å². The van der Waals surface area contributed by atoms with Crippen molar-refractivity contribution in [1.82, 2.24) is 0 Å². The van der Waals surface area contributed by atoms with E-state index in [9.17, 15) is 4.39 Å². The fourth-order valence-corrected chi connectivity index (χ4v) is 1.61. The number of halogens is 2. The summed E-state index contributed by atoms with van der Waals surface area (Å²) in [6, 6.07) is 9.52. The molecule has 2 rings (SSSR count). The Bertz CT molecular complexity index is 575. The lowest BCUT2D eigenvalue weighted by Crippen LogP contribution is -1.95. The minimum atomic E-state index is -0.582. The van der Waals surface area contributed by atoms with Gasteiger partial charge < -0.3 is 15.2 Å². The summed E-state index contributed by atoms with van der Waals surface area (Å²) in [5.41, 5.74) is 5.83. The molecule has 2 aromatic rings. The highest BCUT2D eigenvalue weighted by Gasteiger charge is 2.10. The minimum Gasteiger partial charge on any atom is -0.493 e. The van der Waals surface area contributed by atoms with E-state index >= 15 is 0 Å². The highest BCUT2D eigenvalue weighted by Crippen LogP contribution is 2.36. The number of rotatable bonds is 3. The van der Waals surface area contributed by atoms with Gasteiger partial charge in [0.1, 0.15) is 5.82 Å². The second-order valence-electron chi connectivity index (χ2n) is 3.56. The summed E-state index contributed by atoms with van der Waals surface area (Å²) >= 11 is 5.68. The maximum atomic E-state index is 13.2. The van der Waals surface area contributed by atoms with E-state index in [2.05, 4.69) is 0 Å². The molecule has 0 fully saturated rings. The summed E-state index contributed by atoms with van der Waals surface area (Å²) in [5, 5.41) is -0.0471. The third-order valence-electron chi connectivity index (χ3n) is 2.34. The van der Waals surface area contributed by atoms with Gasteiger partial charge in [-0.05, 0) is 12.1 Å². The lowest BCUT2D eigenvalue weighted by atomic mass is 10.2. The van der Waals surface area contributed by atoms with Crippen LogP contribution < -0.4 is 15.2 Å². The zero-order valence-corrected chi connectivity index (χ0v) is 10.4. The number of methoxy groups -OCH3 is 1. The lowest BCUT2D eigenvalue weighted by molar-refractivity contribution is 0.379. The molecule has 5 heteroatoms. The van der Waals surface area contributed by atoms with Crippen LogP contribution in [0.5, 0.6) is 17.2 Å². The van der Waals surface area contributed by atoms with Gasteiger partial charge in [0.15, 0.2) is 17.2 Å². The lowest BCUT2D eigenvalue weighted by Gasteiger charge is -2.12. The van der Waals surface area contributed by atoms with Crippen molar-refractivity contribution in [3.8, 4) is 17.2 Å². The first-order valence-electron chi connectivity index (χ1n) is 5.17. The number of hydrogen-bond donors (Lipinski definition) is 1. The Morgan fingerprint density at radius 3 is 2.44 bits per heavy atom. The van der Waals surface area contributed by atoms with Crippen LogP contribution in [0, 0.1) is 5.82 Å². The number of benzene rings is 2. The molecule has 0 aromatic heterocycles. The molecule has 0 spiro atoms. The van der Waals surface area contributed by atoms with E-state index < -0.39 is 5.82 Å². The Hall–Kier alpha value is -1.94. The van der Waals surface area contributed by atoms with Crippen molar-refractivity contribution in [2.75, 3.05) is 12.8 Å². The topological polar surface area (TPSA) is 44.5 Å². The number of ether oxygens (including phenoxy) is 2. The fourth-order valence-electron chi connectivity index (χ4n) is 1.45. The monoisotopic (exact) mass is 267 g/mol. The Morgan fingerprint density at radius 2 is 1.78 bits per heavy atom. The first-order valence-corrected chi connectivity index (χ1v) is 5.55. The van der Waals surface area contributed by atoms with Crippen LogP contribution >= 0.6 is 11.6 Å². The van der Waals surface area contributed by atoms with E-state index in [1.165, 1.54) is 13.2 Å². The molecule has 3 nitrogen and oxygen atoms in total. The Kier molecular flexibility index (Phi) is 3.58. The van der Waals surface area contributed by atoms with Crippen LogP contribution in [0.4, 0.5) is 10.1 Å². The molecular weight excluding hydrogens is 257 g/mol. The van der Waals surface area contributed by atoms with Gasteiger partial charge in [0.2, 0.25) is 0 Å². The molecule has 0 saturated carbocycles. The SMILES string of the molecule is COc1ccccc1Oc1cc(Cl)c(F)cc1N. The normalized spacial score (nSPS) is 10.2. The predicted octanol–water partition coefficient (Wildman–Crippen LogP) is 3.86. The molecular formula is C13H11ClFNO2. The average molecular weight is 268 g/mol. The van der Waals surface area contributed by atoms with Gasteiger partial charge in [0.25, 0.3) is 0 Å². The fraction of sp³-hybridized carbons (Fsp3) is 0.0769. The molecule has 94 valence electrons. The summed E-state index contributed by atoms with van der Waals surface area (Å²) in [6.45, 7) is 0. The van der Waals surface area contributed by atoms with Crippen LogP contribution in [0.15, 0.2) is 36.4 Å². The van der Waals surface area contributed by atoms with Crippen molar-refractivity contribution in [1.29, 1.82) is 0 Å². The molecule has 0 radical (unpaired) electrons. The van der Waals surface area contributed by atoms with Gasteiger partial charge in [-0.15, -0.1) is 0 Å². The van der Waals surface area contributed by atoms with Gasteiger partial charge in [0.05, 0.1) is 17.8 Å². The van der Waals surface area contributed by atoms with Crippen molar-refractivity contribution >= 4 is 17.3 Å². The number of nitrogen functional groups attached to an aromatic ring is 1. The van der Waals surface area contributed by atoms with Crippen LogP contribution in [0.25, 0.3) is 0 Å². The maximum Gasteiger partial charge on any atom is 0.169 e. The van der Waals surface area contributed by atoms with Crippen molar-refractivity contribution in [3.05, 3.63) is 47.2 Å². The number of nitrogens with two attached hydrogens (primary N) is 1. The molecule has 0 aliphatic rings. The van der Waals surface area contributed by atoms with E-state index in [0.717, 1.165) is 6.07 Å². The van der Waals surface area contributed by atoms with Crippen molar-refractivity contribution < 1.29 is 13.9 Å². The van der Waals surface area contributed by atoms with Gasteiger partial charge in [0, 0.05) is 12.1 Å². The Morgan fingerprint density at radius 1 is 1.11 bits per heavy atom. The summed E-state index contributed by atoms with van der Waals surface area (Å²) < 4.78 is 23.9. The number of hydrogen-bond acceptors (Lipinski definition) is 3. The molecule has 0 heterocycles. The summed E-state index contributed by atoms with van der Waals surface area (Å²) in [6.07, 6.45) is 0. The summed E-state index contributed by atoms with van der Waals surface area (Å²) in [7, 11) is 1.53. The van der Waals surface area contributed by atoms with Gasteiger partial charge in [-0.25, -0.2) is 4.39 Å². The predicted molar refractivity (Wildman–Crippen MR) is 68.9 cm³/mol. The van der Waals surface area contributed by atoms with E-state index in [1.807, 2.05) is 6.07 Å². The third kappa shape index (κ3) is 2.49. The zero-order chi connectivity index (χ0) is 13.1. The van der Waals surface area contributed by atoms with E-state index in [1.54, 1.807) is 18.2 Å². The van der Waals surface area contributed by atoms with Gasteiger partial charge in [-0.3, -0.25) is 0 Å². The smallest absolute Gasteiger partial charge is 0.169 e. The van der Waals surface area contributed by atoms with Crippen LogP contribution in [0.3, 0.4) is 0 Å². The second kappa shape index (κ2) is 5.14. The van der Waals surface area contributed by atoms with Gasteiger partial charge >= 0.3 is 0 Å². The van der Waals surface area contributed by atoms with Crippen LogP contribution in [0.1, 0.15) is 0 Å². The van der Waals surface area contributed by atoms with Crippen LogP contribution in [-0.2, 0) is 0 Å². The number of anilines is 1. The van der Waals surface area contributed by atoms with E-state index in [0.29, 0.717) is 11.5 Å². The molecule has 18 heavy (non-hydrogen) atoms. The molecule has 0 atom stereocenters. The summed E-state index contributed by atoms with van der Waals surface area (Å²) in [4.78, 5) is 0. The highest BCUT2D eigenvalue weighted by molar-refractivity contribution is 6.31. The quantitative estimate of drug-likeness (QED) is 0.859. The van der Waals surface area contributed by atoms with Crippen molar-refractivity contribution in [3.63, 3.8) is 0 Å². The standard InChI is InChI=1S/C13H11ClFNO2/c1-17-11-4-2-3-5-12(11)18-13-6-8(14)9(15)7-10(13)16/h2-7H,16H2,1H3. The Labute approximate surface area is 109 Å². The molecule has 0 amide bonds. The summed E-state index contributed by atoms with van der Waals surface area (Å²) in [5.74, 6) is 0.735. The molecule has 0 unspecified atom stereocenters. The zero-order valence-electron chi connectivity index (χ0n) is 9.61. The van der Waals surface area contributed by atoms with Gasteiger partial charge in [-0.2, -0.15) is 0 Å². The molecule has 2 N–H and O–H groups in total. The van der Waals surface area contributed by atoms with Crippen LogP contribution in [0.2, 0.25) is 5.02 Å². The highest BCUT2D eigenvalue weighted by atomic mass is 35.5. The van der Waals surface area contributed by atoms with Crippen molar-refractivity contribution in [2.45, 2.75) is 0 Å². The van der Waals surface area contributed by atoms with Crippen LogP contribution in [-0.4, -0.2) is 7.11 Å². The minimum absolute atomic E-state index is 0.0471.